The molecule has 0 aliphatic carbocycles. The zero-order valence-corrected chi connectivity index (χ0v) is 9.11. The van der Waals surface area contributed by atoms with Crippen LogP contribution in [0.15, 0.2) is 29.7 Å². The average molecular weight is 245 g/mol. The number of halogens is 1. The van der Waals surface area contributed by atoms with Crippen LogP contribution in [-0.4, -0.2) is 11.4 Å². The van der Waals surface area contributed by atoms with Gasteiger partial charge in [0.1, 0.15) is 6.54 Å². The second kappa shape index (κ2) is 6.60. The molecule has 4 heteroatoms. The third-order valence-electron chi connectivity index (χ3n) is 1.57. The van der Waals surface area contributed by atoms with Crippen molar-refractivity contribution in [3.8, 4) is 0 Å². The van der Waals surface area contributed by atoms with Gasteiger partial charge in [0.05, 0.1) is 11.8 Å². The van der Waals surface area contributed by atoms with E-state index in [1.165, 1.54) is 6.21 Å². The summed E-state index contributed by atoms with van der Waals surface area (Å²) in [5.41, 5.74) is 0.911. The third-order valence-corrected chi connectivity index (χ3v) is 1.57. The molecule has 13 heavy (non-hydrogen) atoms. The van der Waals surface area contributed by atoms with E-state index in [-0.39, 0.29) is 17.0 Å². The van der Waals surface area contributed by atoms with Gasteiger partial charge in [0.25, 0.3) is 0 Å². The van der Waals surface area contributed by atoms with Crippen LogP contribution in [0.1, 0.15) is 18.9 Å². The van der Waals surface area contributed by atoms with Crippen molar-refractivity contribution >= 4 is 6.21 Å². The number of aromatic nitrogens is 1. The summed E-state index contributed by atoms with van der Waals surface area (Å²) in [4.78, 5) is 0. The number of aryl methyl sites for hydroxylation is 1. The first-order valence-electron chi connectivity index (χ1n) is 4.03. The van der Waals surface area contributed by atoms with Crippen molar-refractivity contribution < 1.29 is 26.8 Å². The Labute approximate surface area is 88.5 Å². The average Bonchev–Trinajstić information content (AvgIpc) is 2.06. The summed E-state index contributed by atoms with van der Waals surface area (Å²) in [6.07, 6.45) is 6.47. The molecule has 0 atom stereocenters. The van der Waals surface area contributed by atoms with Gasteiger partial charge in [-0.3, -0.25) is 0 Å². The molecular weight excluding hydrogens is 232 g/mol. The molecule has 3 nitrogen and oxygen atoms in total. The van der Waals surface area contributed by atoms with Crippen molar-refractivity contribution in [2.24, 2.45) is 5.16 Å². The Morgan fingerprint density at radius 1 is 1.62 bits per heavy atom. The maximum Gasteiger partial charge on any atom is 0.177 e. The zero-order valence-electron chi connectivity index (χ0n) is 7.52. The summed E-state index contributed by atoms with van der Waals surface area (Å²) in [6, 6.07) is 3.83. The van der Waals surface area contributed by atoms with E-state index >= 15 is 0 Å². The highest BCUT2D eigenvalue weighted by molar-refractivity contribution is 5.77. The third kappa shape index (κ3) is 4.03. The van der Waals surface area contributed by atoms with E-state index in [1.807, 2.05) is 24.5 Å². The minimum Gasteiger partial charge on any atom is -1.00 e. The van der Waals surface area contributed by atoms with Gasteiger partial charge in [0.2, 0.25) is 0 Å². The van der Waals surface area contributed by atoms with E-state index in [0.717, 1.165) is 18.5 Å². The number of hydrogen-bond acceptors (Lipinski definition) is 2. The van der Waals surface area contributed by atoms with Crippen molar-refractivity contribution in [1.82, 2.24) is 0 Å². The molecule has 1 N–H and O–H groups in total. The highest BCUT2D eigenvalue weighted by Crippen LogP contribution is 1.89. The Balaban J connectivity index is 0.00000144. The molecule has 0 saturated heterocycles. The topological polar surface area (TPSA) is 36.5 Å². The van der Waals surface area contributed by atoms with Gasteiger partial charge in [-0.15, -0.1) is 0 Å². The summed E-state index contributed by atoms with van der Waals surface area (Å²) >= 11 is 0. The van der Waals surface area contributed by atoms with E-state index in [2.05, 4.69) is 16.6 Å². The lowest BCUT2D eigenvalue weighted by molar-refractivity contribution is -0.697. The summed E-state index contributed by atoms with van der Waals surface area (Å²) in [7, 11) is 0. The SMILES string of the molecule is CCC[n+]1cccc(/C=N/O)c1.[Br-]. The number of pyridine rings is 1. The second-order valence-electron chi connectivity index (χ2n) is 2.62. The lowest BCUT2D eigenvalue weighted by Crippen LogP contribution is -3.00. The van der Waals surface area contributed by atoms with Crippen LogP contribution in [-0.2, 0) is 6.54 Å². The van der Waals surface area contributed by atoms with Gasteiger partial charge in [-0.05, 0) is 6.07 Å². The van der Waals surface area contributed by atoms with Crippen LogP contribution < -0.4 is 21.5 Å². The first-order valence-corrected chi connectivity index (χ1v) is 4.03. The van der Waals surface area contributed by atoms with Crippen LogP contribution in [0.3, 0.4) is 0 Å². The van der Waals surface area contributed by atoms with E-state index in [1.54, 1.807) is 0 Å². The monoisotopic (exact) mass is 244 g/mol. The molecule has 1 rings (SSSR count). The van der Waals surface area contributed by atoms with Gasteiger partial charge in [-0.25, -0.2) is 4.57 Å². The van der Waals surface area contributed by atoms with Gasteiger partial charge in [-0.2, -0.15) is 0 Å². The standard InChI is InChI=1S/C9H12N2O.BrH/c1-2-5-11-6-3-4-9(8-11)7-10-12;/h3-4,6-8H,2,5H2,1H3;1H/b10-7+;. The Bertz CT molecular complexity index is 276. The maximum absolute atomic E-state index is 8.30. The lowest BCUT2D eigenvalue weighted by Gasteiger charge is -1.93. The zero-order chi connectivity index (χ0) is 8.81. The molecule has 1 aromatic rings. The van der Waals surface area contributed by atoms with Crippen LogP contribution in [0.25, 0.3) is 0 Å². The lowest BCUT2D eigenvalue weighted by atomic mass is 10.3. The van der Waals surface area contributed by atoms with Crippen molar-refractivity contribution in [3.63, 3.8) is 0 Å². The van der Waals surface area contributed by atoms with Gasteiger partial charge in [0.15, 0.2) is 12.4 Å². The normalized spacial score (nSPS) is 9.92. The van der Waals surface area contributed by atoms with Crippen LogP contribution >= 0.6 is 0 Å². The molecule has 0 amide bonds. The molecule has 0 bridgehead atoms. The minimum atomic E-state index is 0. The molecule has 0 saturated carbocycles. The number of hydrogen-bond donors (Lipinski definition) is 1. The van der Waals surface area contributed by atoms with Gasteiger partial charge in [0, 0.05) is 12.5 Å². The van der Waals surface area contributed by atoms with Crippen LogP contribution in [0.4, 0.5) is 0 Å². The smallest absolute Gasteiger partial charge is 0.177 e. The van der Waals surface area contributed by atoms with Crippen LogP contribution in [0.2, 0.25) is 0 Å². The fourth-order valence-electron chi connectivity index (χ4n) is 1.08. The number of nitrogens with zero attached hydrogens (tertiary/aromatic N) is 2. The Kier molecular flexibility index (Phi) is 6.14. The molecule has 0 aliphatic heterocycles. The van der Waals surface area contributed by atoms with E-state index in [0.29, 0.717) is 0 Å². The molecule has 0 aliphatic rings. The van der Waals surface area contributed by atoms with Crippen LogP contribution in [0, 0.1) is 0 Å². The summed E-state index contributed by atoms with van der Waals surface area (Å²) in [5, 5.41) is 11.3. The van der Waals surface area contributed by atoms with Gasteiger partial charge >= 0.3 is 0 Å². The number of oxime groups is 1. The fraction of sp³-hybridized carbons (Fsp3) is 0.333. The highest BCUT2D eigenvalue weighted by Gasteiger charge is 1.98. The highest BCUT2D eigenvalue weighted by atomic mass is 79.9. The molecule has 0 fully saturated rings. The predicted octanol–water partition coefficient (Wildman–Crippen LogP) is -1.80. The van der Waals surface area contributed by atoms with E-state index < -0.39 is 0 Å². The second-order valence-corrected chi connectivity index (χ2v) is 2.62. The molecule has 0 aromatic carbocycles. The fourth-order valence-corrected chi connectivity index (χ4v) is 1.08. The molecule has 1 heterocycles. The van der Waals surface area contributed by atoms with E-state index in [9.17, 15) is 0 Å². The van der Waals surface area contributed by atoms with Crippen molar-refractivity contribution in [3.05, 3.63) is 30.1 Å². The summed E-state index contributed by atoms with van der Waals surface area (Å²) in [5.74, 6) is 0. The van der Waals surface area contributed by atoms with Gasteiger partial charge < -0.3 is 22.2 Å². The molecule has 0 unspecified atom stereocenters. The predicted molar refractivity (Wildman–Crippen MR) is 46.3 cm³/mol. The minimum absolute atomic E-state index is 0. The van der Waals surface area contributed by atoms with Crippen molar-refractivity contribution in [1.29, 1.82) is 0 Å². The van der Waals surface area contributed by atoms with Crippen LogP contribution in [0.5, 0.6) is 0 Å². The summed E-state index contributed by atoms with van der Waals surface area (Å²) in [6.45, 7) is 3.12. The number of rotatable bonds is 3. The quantitative estimate of drug-likeness (QED) is 0.290. The molecule has 1 aromatic heterocycles. The first kappa shape index (κ1) is 12.1. The van der Waals surface area contributed by atoms with Crippen molar-refractivity contribution in [2.45, 2.75) is 19.9 Å². The summed E-state index contributed by atoms with van der Waals surface area (Å²) < 4.78 is 2.07. The molecule has 0 spiro atoms. The van der Waals surface area contributed by atoms with Crippen molar-refractivity contribution in [2.75, 3.05) is 0 Å². The van der Waals surface area contributed by atoms with Gasteiger partial charge in [-0.1, -0.05) is 12.1 Å². The molecular formula is C9H13BrN2O. The largest absolute Gasteiger partial charge is 1.00 e. The first-order chi connectivity index (χ1) is 5.86. The maximum atomic E-state index is 8.30. The Hall–Kier alpha value is -0.900. The van der Waals surface area contributed by atoms with E-state index in [4.69, 9.17) is 5.21 Å². The Morgan fingerprint density at radius 2 is 2.38 bits per heavy atom. The molecule has 72 valence electrons. The Morgan fingerprint density at radius 3 is 3.00 bits per heavy atom. The molecule has 0 radical (unpaired) electrons.